The topological polar surface area (TPSA) is 49.6 Å². The molecule has 0 heterocycles. The highest BCUT2D eigenvalue weighted by atomic mass is 19.4. The van der Waals surface area contributed by atoms with Gasteiger partial charge >= 0.3 is 6.18 Å². The molecule has 0 aliphatic rings. The summed E-state index contributed by atoms with van der Waals surface area (Å²) in [6.07, 6.45) is -3.82. The van der Waals surface area contributed by atoms with Gasteiger partial charge in [-0.05, 0) is 24.6 Å². The van der Waals surface area contributed by atoms with Crippen molar-refractivity contribution in [2.75, 3.05) is 37.8 Å². The van der Waals surface area contributed by atoms with Crippen molar-refractivity contribution >= 4 is 17.3 Å². The molecule has 21 heavy (non-hydrogen) atoms. The number of alkyl halides is 3. The minimum atomic E-state index is -4.35. The van der Waals surface area contributed by atoms with E-state index in [1.54, 1.807) is 21.0 Å². The summed E-state index contributed by atoms with van der Waals surface area (Å²) in [6.45, 7) is 0.859. The number of anilines is 2. The van der Waals surface area contributed by atoms with Gasteiger partial charge in [-0.3, -0.25) is 4.79 Å². The Bertz CT molecular complexity index is 501. The quantitative estimate of drug-likeness (QED) is 0.851. The maximum absolute atomic E-state index is 12.7. The van der Waals surface area contributed by atoms with Gasteiger partial charge in [0.2, 0.25) is 0 Å². The van der Waals surface area contributed by atoms with Gasteiger partial charge in [0.25, 0.3) is 5.91 Å². The van der Waals surface area contributed by atoms with Crippen LogP contribution in [0.4, 0.5) is 24.5 Å². The summed E-state index contributed by atoms with van der Waals surface area (Å²) in [7, 11) is 3.10. The fourth-order valence-corrected chi connectivity index (χ4v) is 2.00. The summed E-state index contributed by atoms with van der Waals surface area (Å²) in [4.78, 5) is 14.6. The second-order valence-electron chi connectivity index (χ2n) is 5.01. The molecule has 0 aromatic heterocycles. The third kappa shape index (κ3) is 4.84. The molecule has 0 spiro atoms. The Morgan fingerprint density at radius 2 is 1.90 bits per heavy atom. The molecule has 0 aliphatic heterocycles. The number of nitrogen functional groups attached to an aromatic ring is 1. The van der Waals surface area contributed by atoms with E-state index >= 15 is 0 Å². The molecule has 2 N–H and O–H groups in total. The second kappa shape index (κ2) is 6.69. The fraction of sp³-hybridized carbons (Fsp3) is 0.500. The Labute approximate surface area is 122 Å². The molecule has 0 radical (unpaired) electrons. The van der Waals surface area contributed by atoms with Crippen molar-refractivity contribution in [3.05, 3.63) is 23.8 Å². The molecule has 118 valence electrons. The molecule has 4 nitrogen and oxygen atoms in total. The summed E-state index contributed by atoms with van der Waals surface area (Å²) in [5.41, 5.74) is 6.42. The predicted molar refractivity (Wildman–Crippen MR) is 77.4 cm³/mol. The highest BCUT2D eigenvalue weighted by Gasteiger charge is 2.32. The van der Waals surface area contributed by atoms with Crippen LogP contribution in [0.5, 0.6) is 0 Å². The minimum Gasteiger partial charge on any atom is -0.399 e. The molecular weight excluding hydrogens is 283 g/mol. The number of nitrogens with two attached hydrogens (primary N) is 1. The van der Waals surface area contributed by atoms with E-state index in [2.05, 4.69) is 0 Å². The van der Waals surface area contributed by atoms with Crippen molar-refractivity contribution in [1.82, 2.24) is 4.90 Å². The number of nitrogens with zero attached hydrogens (tertiary/aromatic N) is 2. The summed E-state index contributed by atoms with van der Waals surface area (Å²) in [5.74, 6) is -0.353. The van der Waals surface area contributed by atoms with Crippen LogP contribution in [0.25, 0.3) is 0 Å². The largest absolute Gasteiger partial charge is 0.405 e. The van der Waals surface area contributed by atoms with Crippen LogP contribution in [0.2, 0.25) is 0 Å². The Hall–Kier alpha value is -1.92. The number of benzene rings is 1. The molecule has 0 fully saturated rings. The van der Waals surface area contributed by atoms with E-state index < -0.39 is 12.7 Å². The average Bonchev–Trinajstić information content (AvgIpc) is 2.35. The van der Waals surface area contributed by atoms with Crippen LogP contribution in [0.15, 0.2) is 18.2 Å². The van der Waals surface area contributed by atoms with E-state index in [-0.39, 0.29) is 23.7 Å². The number of halogens is 3. The van der Waals surface area contributed by atoms with Crippen molar-refractivity contribution in [2.24, 2.45) is 0 Å². The van der Waals surface area contributed by atoms with Gasteiger partial charge < -0.3 is 15.5 Å². The van der Waals surface area contributed by atoms with E-state index in [0.29, 0.717) is 12.1 Å². The Morgan fingerprint density at radius 3 is 2.38 bits per heavy atom. The standard InChI is InChI=1S/C14H20F3N3O/c1-4-7-20(9-14(15,16)17)12-8-10(18)5-6-11(12)13(21)19(2)3/h5-6,8H,4,7,9,18H2,1-3H3. The summed E-state index contributed by atoms with van der Waals surface area (Å²) in [5, 5.41) is 0. The molecule has 0 unspecified atom stereocenters. The lowest BCUT2D eigenvalue weighted by Crippen LogP contribution is -2.36. The van der Waals surface area contributed by atoms with Gasteiger partial charge in [0.1, 0.15) is 6.54 Å². The zero-order valence-electron chi connectivity index (χ0n) is 12.4. The van der Waals surface area contributed by atoms with Gasteiger partial charge in [-0.15, -0.1) is 0 Å². The Balaban J connectivity index is 3.28. The zero-order valence-corrected chi connectivity index (χ0v) is 12.4. The van der Waals surface area contributed by atoms with E-state index in [9.17, 15) is 18.0 Å². The molecule has 1 amide bonds. The van der Waals surface area contributed by atoms with Crippen LogP contribution in [-0.2, 0) is 0 Å². The van der Waals surface area contributed by atoms with Crippen LogP contribution in [0, 0.1) is 0 Å². The Kier molecular flexibility index (Phi) is 5.46. The number of carbonyl (C=O) groups excluding carboxylic acids is 1. The molecule has 0 atom stereocenters. The number of amides is 1. The lowest BCUT2D eigenvalue weighted by Gasteiger charge is -2.28. The first-order valence-corrected chi connectivity index (χ1v) is 6.58. The molecule has 7 heteroatoms. The lowest BCUT2D eigenvalue weighted by molar-refractivity contribution is -0.119. The first-order chi connectivity index (χ1) is 9.65. The third-order valence-corrected chi connectivity index (χ3v) is 2.86. The third-order valence-electron chi connectivity index (χ3n) is 2.86. The SMILES string of the molecule is CCCN(CC(F)(F)F)c1cc(N)ccc1C(=O)N(C)C. The smallest absolute Gasteiger partial charge is 0.399 e. The average molecular weight is 303 g/mol. The molecular formula is C14H20F3N3O. The van der Waals surface area contributed by atoms with Gasteiger partial charge in [-0.25, -0.2) is 0 Å². The summed E-state index contributed by atoms with van der Waals surface area (Å²) >= 11 is 0. The highest BCUT2D eigenvalue weighted by molar-refractivity contribution is 6.00. The molecule has 0 saturated heterocycles. The number of rotatable bonds is 5. The van der Waals surface area contributed by atoms with Crippen LogP contribution in [0.3, 0.4) is 0 Å². The molecule has 1 aromatic rings. The van der Waals surface area contributed by atoms with E-state index in [0.717, 1.165) is 4.90 Å². The van der Waals surface area contributed by atoms with Gasteiger partial charge in [0, 0.05) is 26.3 Å². The van der Waals surface area contributed by atoms with Crippen molar-refractivity contribution in [2.45, 2.75) is 19.5 Å². The van der Waals surface area contributed by atoms with Gasteiger partial charge in [-0.1, -0.05) is 6.92 Å². The van der Waals surface area contributed by atoms with Gasteiger partial charge in [0.15, 0.2) is 0 Å². The monoisotopic (exact) mass is 303 g/mol. The normalized spacial score (nSPS) is 11.3. The summed E-state index contributed by atoms with van der Waals surface area (Å²) in [6, 6.07) is 4.39. The highest BCUT2D eigenvalue weighted by Crippen LogP contribution is 2.28. The van der Waals surface area contributed by atoms with Crippen LogP contribution in [-0.4, -0.2) is 44.2 Å². The Morgan fingerprint density at radius 1 is 1.29 bits per heavy atom. The molecule has 0 saturated carbocycles. The molecule has 1 rings (SSSR count). The maximum Gasteiger partial charge on any atom is 0.405 e. The van der Waals surface area contributed by atoms with Crippen molar-refractivity contribution in [3.63, 3.8) is 0 Å². The molecule has 0 aliphatic carbocycles. The van der Waals surface area contributed by atoms with Crippen LogP contribution < -0.4 is 10.6 Å². The second-order valence-corrected chi connectivity index (χ2v) is 5.01. The van der Waals surface area contributed by atoms with E-state index in [1.807, 2.05) is 0 Å². The fourth-order valence-electron chi connectivity index (χ4n) is 2.00. The van der Waals surface area contributed by atoms with E-state index in [1.165, 1.54) is 23.1 Å². The van der Waals surface area contributed by atoms with Crippen LogP contribution in [0.1, 0.15) is 23.7 Å². The lowest BCUT2D eigenvalue weighted by atomic mass is 10.1. The number of carbonyl (C=O) groups is 1. The van der Waals surface area contributed by atoms with Gasteiger partial charge in [0.05, 0.1) is 11.3 Å². The molecule has 0 bridgehead atoms. The summed E-state index contributed by atoms with van der Waals surface area (Å²) < 4.78 is 38.2. The van der Waals surface area contributed by atoms with E-state index in [4.69, 9.17) is 5.73 Å². The molecule has 1 aromatic carbocycles. The van der Waals surface area contributed by atoms with Crippen molar-refractivity contribution in [3.8, 4) is 0 Å². The van der Waals surface area contributed by atoms with Gasteiger partial charge in [-0.2, -0.15) is 13.2 Å². The first kappa shape index (κ1) is 17.1. The van der Waals surface area contributed by atoms with Crippen molar-refractivity contribution < 1.29 is 18.0 Å². The number of hydrogen-bond donors (Lipinski definition) is 1. The number of hydrogen-bond acceptors (Lipinski definition) is 3. The van der Waals surface area contributed by atoms with Crippen LogP contribution >= 0.6 is 0 Å². The minimum absolute atomic E-state index is 0.191. The predicted octanol–water partition coefficient (Wildman–Crippen LogP) is 2.75. The maximum atomic E-state index is 12.7. The zero-order chi connectivity index (χ0) is 16.2. The van der Waals surface area contributed by atoms with Crippen molar-refractivity contribution in [1.29, 1.82) is 0 Å². The first-order valence-electron chi connectivity index (χ1n) is 6.58.